The molecule has 0 atom stereocenters. The lowest BCUT2D eigenvalue weighted by molar-refractivity contribution is 0.180. The van der Waals surface area contributed by atoms with Crippen molar-refractivity contribution in [1.29, 1.82) is 0 Å². The highest BCUT2D eigenvalue weighted by Gasteiger charge is 2.46. The van der Waals surface area contributed by atoms with Gasteiger partial charge in [0.15, 0.2) is 0 Å². The van der Waals surface area contributed by atoms with Crippen LogP contribution in [0.5, 0.6) is 5.88 Å². The number of carbonyl (C=O) groups is 1. The van der Waals surface area contributed by atoms with Gasteiger partial charge in [0, 0.05) is 49.1 Å². The highest BCUT2D eigenvalue weighted by molar-refractivity contribution is 6.42. The smallest absolute Gasteiger partial charge is 0.322 e. The van der Waals surface area contributed by atoms with E-state index in [1.54, 1.807) is 19.4 Å². The molecule has 7 nitrogen and oxygen atoms in total. The number of rotatable bonds is 6. The Hall–Kier alpha value is -2.84. The quantitative estimate of drug-likeness (QED) is 0.355. The molecule has 1 fully saturated rings. The van der Waals surface area contributed by atoms with Gasteiger partial charge in [0.1, 0.15) is 5.15 Å². The zero-order valence-corrected chi connectivity index (χ0v) is 23.2. The lowest BCUT2D eigenvalue weighted by Gasteiger charge is -2.39. The molecule has 1 aromatic carbocycles. The number of hydrogen-bond acceptors (Lipinski definition) is 5. The largest absolute Gasteiger partial charge is 0.481 e. The van der Waals surface area contributed by atoms with Crippen LogP contribution in [0.4, 0.5) is 10.5 Å². The maximum atomic E-state index is 13.3. The second kappa shape index (κ2) is 11.5. The van der Waals surface area contributed by atoms with Gasteiger partial charge in [-0.3, -0.25) is 9.80 Å². The van der Waals surface area contributed by atoms with Crippen LogP contribution in [0, 0.1) is 0 Å². The third kappa shape index (κ3) is 5.76. The number of piperidine rings is 1. The van der Waals surface area contributed by atoms with E-state index >= 15 is 0 Å². The SMILES string of the molecule is COc1cc2c(cn1)C1(CCN(C/C=C/c3ccc(Cl)c(Cl)c3)CC1)CN2C(=O)NCc1ccnc(Cl)c1. The van der Waals surface area contributed by atoms with E-state index in [-0.39, 0.29) is 11.4 Å². The fraction of sp³-hybridized carbons (Fsp3) is 0.321. The van der Waals surface area contributed by atoms with E-state index in [9.17, 15) is 4.79 Å². The van der Waals surface area contributed by atoms with Gasteiger partial charge in [-0.05, 0) is 61.3 Å². The molecule has 2 amide bonds. The molecule has 2 aromatic heterocycles. The number of ether oxygens (including phenoxy) is 1. The van der Waals surface area contributed by atoms with Gasteiger partial charge in [-0.2, -0.15) is 0 Å². The average Bonchev–Trinajstić information content (AvgIpc) is 3.23. The number of hydrogen-bond donors (Lipinski definition) is 1. The number of benzene rings is 1. The Morgan fingerprint density at radius 1 is 1.11 bits per heavy atom. The van der Waals surface area contributed by atoms with E-state index in [4.69, 9.17) is 39.5 Å². The highest BCUT2D eigenvalue weighted by atomic mass is 35.5. The van der Waals surface area contributed by atoms with Crippen molar-refractivity contribution in [2.24, 2.45) is 0 Å². The molecule has 1 N–H and O–H groups in total. The summed E-state index contributed by atoms with van der Waals surface area (Å²) in [6.45, 7) is 3.64. The van der Waals surface area contributed by atoms with Crippen LogP contribution in [0.25, 0.3) is 6.08 Å². The van der Waals surface area contributed by atoms with E-state index in [2.05, 4.69) is 32.3 Å². The Kier molecular flexibility index (Phi) is 8.09. The van der Waals surface area contributed by atoms with Crippen LogP contribution >= 0.6 is 34.8 Å². The highest BCUT2D eigenvalue weighted by Crippen LogP contribution is 2.47. The summed E-state index contributed by atoms with van der Waals surface area (Å²) >= 11 is 18.1. The topological polar surface area (TPSA) is 70.6 Å². The van der Waals surface area contributed by atoms with Crippen LogP contribution in [0.3, 0.4) is 0 Å². The van der Waals surface area contributed by atoms with Crippen LogP contribution in [-0.2, 0) is 12.0 Å². The van der Waals surface area contributed by atoms with Gasteiger partial charge >= 0.3 is 6.03 Å². The molecule has 5 rings (SSSR count). The number of methoxy groups -OCH3 is 1. The van der Waals surface area contributed by atoms with Gasteiger partial charge in [-0.25, -0.2) is 14.8 Å². The number of urea groups is 1. The number of nitrogens with zero attached hydrogens (tertiary/aromatic N) is 4. The summed E-state index contributed by atoms with van der Waals surface area (Å²) in [5.41, 5.74) is 3.73. The molecule has 0 radical (unpaired) electrons. The second-order valence-corrected chi connectivity index (χ2v) is 10.8. The predicted molar refractivity (Wildman–Crippen MR) is 152 cm³/mol. The lowest BCUT2D eigenvalue weighted by atomic mass is 9.75. The van der Waals surface area contributed by atoms with Crippen molar-refractivity contribution in [1.82, 2.24) is 20.2 Å². The Morgan fingerprint density at radius 2 is 1.92 bits per heavy atom. The first kappa shape index (κ1) is 26.8. The maximum absolute atomic E-state index is 13.3. The van der Waals surface area contributed by atoms with Crippen LogP contribution in [-0.4, -0.2) is 54.2 Å². The van der Waals surface area contributed by atoms with E-state index in [0.29, 0.717) is 34.2 Å². The molecule has 1 saturated heterocycles. The van der Waals surface area contributed by atoms with Crippen molar-refractivity contribution >= 4 is 52.6 Å². The van der Waals surface area contributed by atoms with Crippen molar-refractivity contribution < 1.29 is 9.53 Å². The summed E-state index contributed by atoms with van der Waals surface area (Å²) < 4.78 is 5.37. The van der Waals surface area contributed by atoms with Crippen molar-refractivity contribution in [3.8, 4) is 5.88 Å². The van der Waals surface area contributed by atoms with Gasteiger partial charge in [-0.1, -0.05) is 53.0 Å². The predicted octanol–water partition coefficient (Wildman–Crippen LogP) is 6.22. The van der Waals surface area contributed by atoms with Gasteiger partial charge in [0.05, 0.1) is 22.8 Å². The monoisotopic (exact) mass is 571 g/mol. The zero-order valence-electron chi connectivity index (χ0n) is 21.0. The first-order valence-corrected chi connectivity index (χ1v) is 13.5. The summed E-state index contributed by atoms with van der Waals surface area (Å²) in [5, 5.41) is 4.54. The summed E-state index contributed by atoms with van der Waals surface area (Å²) in [4.78, 5) is 26.1. The van der Waals surface area contributed by atoms with Crippen molar-refractivity contribution in [3.05, 3.63) is 86.8 Å². The number of amides is 2. The summed E-state index contributed by atoms with van der Waals surface area (Å²) in [6.07, 6.45) is 9.59. The van der Waals surface area contributed by atoms with Crippen molar-refractivity contribution in [2.75, 3.05) is 38.2 Å². The van der Waals surface area contributed by atoms with Crippen molar-refractivity contribution in [2.45, 2.75) is 24.8 Å². The van der Waals surface area contributed by atoms with Crippen molar-refractivity contribution in [3.63, 3.8) is 0 Å². The summed E-state index contributed by atoms with van der Waals surface area (Å²) in [7, 11) is 1.58. The molecule has 2 aliphatic heterocycles. The first-order valence-electron chi connectivity index (χ1n) is 12.4. The Balaban J connectivity index is 1.26. The third-order valence-corrected chi connectivity index (χ3v) is 8.25. The molecule has 3 aromatic rings. The molecular weight excluding hydrogens is 545 g/mol. The number of nitrogens with one attached hydrogen (secondary N) is 1. The zero-order chi connectivity index (χ0) is 26.7. The van der Waals surface area contributed by atoms with E-state index in [1.165, 1.54) is 0 Å². The molecule has 0 saturated carbocycles. The Morgan fingerprint density at radius 3 is 2.66 bits per heavy atom. The fourth-order valence-corrected chi connectivity index (χ4v) is 5.70. The van der Waals surface area contributed by atoms with Crippen LogP contribution in [0.15, 0.2) is 54.9 Å². The number of aromatic nitrogens is 2. The van der Waals surface area contributed by atoms with Gasteiger partial charge < -0.3 is 10.1 Å². The number of anilines is 1. The molecule has 4 heterocycles. The molecule has 0 bridgehead atoms. The maximum Gasteiger partial charge on any atom is 0.322 e. The number of likely N-dealkylation sites (tertiary alicyclic amines) is 1. The number of fused-ring (bicyclic) bond motifs is 2. The number of halogens is 3. The normalized spacial score (nSPS) is 16.7. The third-order valence-electron chi connectivity index (χ3n) is 7.30. The number of carbonyl (C=O) groups excluding carboxylic acids is 1. The minimum absolute atomic E-state index is 0.143. The standard InChI is InChI=1S/C28H28Cl3N5O2/c1-38-26-15-24-21(17-33-26)28(18-36(24)27(37)34-16-20-6-9-32-25(31)14-20)7-11-35(12-8-28)10-2-3-19-4-5-22(29)23(30)13-19/h2-6,9,13-15,17H,7-8,10-12,16,18H2,1H3,(H,34,37)/b3-2+. The molecule has 38 heavy (non-hydrogen) atoms. The van der Waals surface area contributed by atoms with Gasteiger partial charge in [0.2, 0.25) is 5.88 Å². The molecule has 10 heteroatoms. The molecule has 0 aliphatic carbocycles. The van der Waals surface area contributed by atoms with Crippen LogP contribution in [0.1, 0.15) is 29.5 Å². The molecule has 0 unspecified atom stereocenters. The van der Waals surface area contributed by atoms with E-state index in [0.717, 1.165) is 54.9 Å². The molecule has 1 spiro atoms. The molecule has 198 valence electrons. The first-order chi connectivity index (χ1) is 18.4. The Bertz CT molecular complexity index is 1360. The molecule has 2 aliphatic rings. The lowest BCUT2D eigenvalue weighted by Crippen LogP contribution is -2.47. The van der Waals surface area contributed by atoms with Gasteiger partial charge in [0.25, 0.3) is 0 Å². The second-order valence-electron chi connectivity index (χ2n) is 9.63. The van der Waals surface area contributed by atoms with E-state index < -0.39 is 0 Å². The van der Waals surface area contributed by atoms with E-state index in [1.807, 2.05) is 41.4 Å². The minimum atomic E-state index is -0.156. The average molecular weight is 573 g/mol. The summed E-state index contributed by atoms with van der Waals surface area (Å²) in [6, 6.07) is 10.9. The van der Waals surface area contributed by atoms with Crippen LogP contribution < -0.4 is 15.0 Å². The number of pyridine rings is 2. The summed E-state index contributed by atoms with van der Waals surface area (Å²) in [5.74, 6) is 0.490. The Labute approximate surface area is 237 Å². The molecular formula is C28H28Cl3N5O2. The fourth-order valence-electron chi connectivity index (χ4n) is 5.19. The van der Waals surface area contributed by atoms with Crippen LogP contribution in [0.2, 0.25) is 15.2 Å². The minimum Gasteiger partial charge on any atom is -0.481 e. The van der Waals surface area contributed by atoms with Gasteiger partial charge in [-0.15, -0.1) is 0 Å².